The standard InChI is InChI=1S/C12H16ClNO/c1-10(7-13)8-14-9-11-4-3-5-12(6-11)15-2/h3-7,14H,8-9H2,1-2H3/b10-7+. The van der Waals surface area contributed by atoms with E-state index >= 15 is 0 Å². The quantitative estimate of drug-likeness (QED) is 0.832. The summed E-state index contributed by atoms with van der Waals surface area (Å²) < 4.78 is 5.14. The van der Waals surface area contributed by atoms with Gasteiger partial charge in [-0.15, -0.1) is 0 Å². The van der Waals surface area contributed by atoms with E-state index in [9.17, 15) is 0 Å². The van der Waals surface area contributed by atoms with Crippen LogP contribution < -0.4 is 10.1 Å². The SMILES string of the molecule is COc1cccc(CNC/C(C)=C/Cl)c1. The molecule has 0 aliphatic heterocycles. The number of rotatable bonds is 5. The molecule has 0 heterocycles. The van der Waals surface area contributed by atoms with Gasteiger partial charge in [-0.3, -0.25) is 0 Å². The van der Waals surface area contributed by atoms with E-state index in [2.05, 4.69) is 11.4 Å². The van der Waals surface area contributed by atoms with Crippen LogP contribution in [0.2, 0.25) is 0 Å². The fraction of sp³-hybridized carbons (Fsp3) is 0.333. The molecule has 3 heteroatoms. The van der Waals surface area contributed by atoms with Crippen LogP contribution in [0.25, 0.3) is 0 Å². The fourth-order valence-electron chi connectivity index (χ4n) is 1.23. The minimum Gasteiger partial charge on any atom is -0.497 e. The molecule has 82 valence electrons. The fourth-order valence-corrected chi connectivity index (χ4v) is 1.30. The van der Waals surface area contributed by atoms with Crippen LogP contribution in [0.1, 0.15) is 12.5 Å². The third-order valence-electron chi connectivity index (χ3n) is 2.05. The van der Waals surface area contributed by atoms with Gasteiger partial charge in [0.2, 0.25) is 0 Å². The molecule has 0 saturated carbocycles. The average molecular weight is 226 g/mol. The van der Waals surface area contributed by atoms with Gasteiger partial charge in [0.15, 0.2) is 0 Å². The second kappa shape index (κ2) is 6.49. The zero-order chi connectivity index (χ0) is 11.1. The molecule has 0 bridgehead atoms. The van der Waals surface area contributed by atoms with Crippen LogP contribution >= 0.6 is 11.6 Å². The van der Waals surface area contributed by atoms with Crippen LogP contribution in [0, 0.1) is 0 Å². The number of halogens is 1. The van der Waals surface area contributed by atoms with E-state index in [0.717, 1.165) is 24.4 Å². The minimum absolute atomic E-state index is 0.806. The molecule has 0 fully saturated rings. The molecule has 0 aliphatic carbocycles. The molecule has 1 aromatic carbocycles. The predicted octanol–water partition coefficient (Wildman–Crippen LogP) is 2.93. The highest BCUT2D eigenvalue weighted by atomic mass is 35.5. The van der Waals surface area contributed by atoms with Crippen molar-refractivity contribution in [2.24, 2.45) is 0 Å². The first-order valence-electron chi connectivity index (χ1n) is 4.85. The van der Waals surface area contributed by atoms with Crippen molar-refractivity contribution in [2.75, 3.05) is 13.7 Å². The van der Waals surface area contributed by atoms with Crippen LogP contribution in [-0.2, 0) is 6.54 Å². The van der Waals surface area contributed by atoms with Gasteiger partial charge >= 0.3 is 0 Å². The smallest absolute Gasteiger partial charge is 0.119 e. The van der Waals surface area contributed by atoms with Crippen molar-refractivity contribution < 1.29 is 4.74 Å². The Bertz CT molecular complexity index is 336. The van der Waals surface area contributed by atoms with Crippen molar-refractivity contribution in [3.63, 3.8) is 0 Å². The Labute approximate surface area is 95.9 Å². The van der Waals surface area contributed by atoms with E-state index in [-0.39, 0.29) is 0 Å². The van der Waals surface area contributed by atoms with Gasteiger partial charge in [0, 0.05) is 18.6 Å². The van der Waals surface area contributed by atoms with Crippen molar-refractivity contribution >= 4 is 11.6 Å². The molecule has 0 radical (unpaired) electrons. The Hall–Kier alpha value is -0.990. The second-order valence-electron chi connectivity index (χ2n) is 3.41. The maximum atomic E-state index is 5.56. The third-order valence-corrected chi connectivity index (χ3v) is 2.43. The molecule has 15 heavy (non-hydrogen) atoms. The van der Waals surface area contributed by atoms with Gasteiger partial charge in [0.1, 0.15) is 5.75 Å². The lowest BCUT2D eigenvalue weighted by atomic mass is 10.2. The highest BCUT2D eigenvalue weighted by Gasteiger charge is 1.95. The number of benzene rings is 1. The van der Waals surface area contributed by atoms with Gasteiger partial charge in [-0.25, -0.2) is 0 Å². The number of methoxy groups -OCH3 is 1. The predicted molar refractivity (Wildman–Crippen MR) is 64.3 cm³/mol. The summed E-state index contributed by atoms with van der Waals surface area (Å²) in [6.07, 6.45) is 0. The summed E-state index contributed by atoms with van der Waals surface area (Å²) in [4.78, 5) is 0. The summed E-state index contributed by atoms with van der Waals surface area (Å²) in [5.74, 6) is 0.888. The van der Waals surface area contributed by atoms with Crippen LogP contribution in [0.5, 0.6) is 5.75 Å². The zero-order valence-electron chi connectivity index (χ0n) is 9.09. The molecule has 2 nitrogen and oxygen atoms in total. The molecule has 0 aromatic heterocycles. The van der Waals surface area contributed by atoms with Gasteiger partial charge < -0.3 is 10.1 Å². The Morgan fingerprint density at radius 1 is 1.53 bits per heavy atom. The van der Waals surface area contributed by atoms with Crippen LogP contribution in [0.15, 0.2) is 35.4 Å². The normalized spacial score (nSPS) is 11.5. The first kappa shape index (κ1) is 12.1. The molecule has 0 atom stereocenters. The van der Waals surface area contributed by atoms with Crippen molar-refractivity contribution in [3.05, 3.63) is 40.9 Å². The molecule has 1 rings (SSSR count). The second-order valence-corrected chi connectivity index (χ2v) is 3.63. The lowest BCUT2D eigenvalue weighted by molar-refractivity contribution is 0.414. The lowest BCUT2D eigenvalue weighted by Gasteiger charge is -2.06. The van der Waals surface area contributed by atoms with E-state index in [1.54, 1.807) is 12.6 Å². The highest BCUT2D eigenvalue weighted by molar-refractivity contribution is 6.25. The number of hydrogen-bond acceptors (Lipinski definition) is 2. The Balaban J connectivity index is 2.43. The Morgan fingerprint density at radius 3 is 3.00 bits per heavy atom. The van der Waals surface area contributed by atoms with Gasteiger partial charge in [-0.1, -0.05) is 23.7 Å². The average Bonchev–Trinajstić information content (AvgIpc) is 2.29. The summed E-state index contributed by atoms with van der Waals surface area (Å²) in [5.41, 5.74) is 3.93. The van der Waals surface area contributed by atoms with Crippen molar-refractivity contribution in [1.82, 2.24) is 5.32 Å². The maximum absolute atomic E-state index is 5.56. The Kier molecular flexibility index (Phi) is 5.22. The molecule has 0 spiro atoms. The largest absolute Gasteiger partial charge is 0.497 e. The molecular formula is C12H16ClNO. The topological polar surface area (TPSA) is 21.3 Å². The van der Waals surface area contributed by atoms with Gasteiger partial charge in [-0.2, -0.15) is 0 Å². The number of nitrogens with one attached hydrogen (secondary N) is 1. The Morgan fingerprint density at radius 2 is 2.33 bits per heavy atom. The van der Waals surface area contributed by atoms with Gasteiger partial charge in [-0.05, 0) is 30.2 Å². The number of ether oxygens (including phenoxy) is 1. The molecule has 0 saturated heterocycles. The molecule has 0 aliphatic rings. The van der Waals surface area contributed by atoms with E-state index in [1.807, 2.05) is 25.1 Å². The van der Waals surface area contributed by atoms with Gasteiger partial charge in [0.25, 0.3) is 0 Å². The first-order valence-corrected chi connectivity index (χ1v) is 5.29. The molecule has 1 N–H and O–H groups in total. The monoisotopic (exact) mass is 225 g/mol. The third kappa shape index (κ3) is 4.36. The van der Waals surface area contributed by atoms with E-state index in [1.165, 1.54) is 5.56 Å². The summed E-state index contributed by atoms with van der Waals surface area (Å²) in [6, 6.07) is 8.01. The number of hydrogen-bond donors (Lipinski definition) is 1. The van der Waals surface area contributed by atoms with Crippen LogP contribution in [-0.4, -0.2) is 13.7 Å². The summed E-state index contributed by atoms with van der Waals surface area (Å²) in [6.45, 7) is 3.62. The van der Waals surface area contributed by atoms with Crippen LogP contribution in [0.3, 0.4) is 0 Å². The summed E-state index contributed by atoms with van der Waals surface area (Å²) in [5, 5.41) is 3.30. The van der Waals surface area contributed by atoms with E-state index < -0.39 is 0 Å². The maximum Gasteiger partial charge on any atom is 0.119 e. The van der Waals surface area contributed by atoms with Crippen LogP contribution in [0.4, 0.5) is 0 Å². The molecule has 1 aromatic rings. The highest BCUT2D eigenvalue weighted by Crippen LogP contribution is 2.12. The molecule has 0 unspecified atom stereocenters. The van der Waals surface area contributed by atoms with E-state index in [4.69, 9.17) is 16.3 Å². The van der Waals surface area contributed by atoms with Crippen molar-refractivity contribution in [1.29, 1.82) is 0 Å². The van der Waals surface area contributed by atoms with Gasteiger partial charge in [0.05, 0.1) is 7.11 Å². The zero-order valence-corrected chi connectivity index (χ0v) is 9.84. The van der Waals surface area contributed by atoms with Crippen molar-refractivity contribution in [2.45, 2.75) is 13.5 Å². The molecule has 0 amide bonds. The van der Waals surface area contributed by atoms with Crippen molar-refractivity contribution in [3.8, 4) is 5.75 Å². The molecular weight excluding hydrogens is 210 g/mol. The lowest BCUT2D eigenvalue weighted by Crippen LogP contribution is -2.15. The summed E-state index contributed by atoms with van der Waals surface area (Å²) >= 11 is 5.56. The van der Waals surface area contributed by atoms with E-state index in [0.29, 0.717) is 0 Å². The minimum atomic E-state index is 0.806. The summed E-state index contributed by atoms with van der Waals surface area (Å²) in [7, 11) is 1.67. The first-order chi connectivity index (χ1) is 7.26.